The highest BCUT2D eigenvalue weighted by Crippen LogP contribution is 2.32. The van der Waals surface area contributed by atoms with Gasteiger partial charge in [0.25, 0.3) is 0 Å². The zero-order valence-electron chi connectivity index (χ0n) is 16.9. The second-order valence-corrected chi connectivity index (χ2v) is 9.68. The standard InChI is InChI=1S/C24H20Cl2O5S/c25-20-7-4-8-21(26)24(20)32(29,30)16-18-9-11-22(19(15-18)10-12-23(27)28)31-14-13-17-5-2-1-3-6-17/h1-12,15H,13-14,16H2,(H,27,28)/b12-10+. The second-order valence-electron chi connectivity index (χ2n) is 6.94. The normalized spacial score (nSPS) is 11.6. The van der Waals surface area contributed by atoms with Crippen LogP contribution in [-0.4, -0.2) is 26.1 Å². The molecule has 0 fully saturated rings. The highest BCUT2D eigenvalue weighted by Gasteiger charge is 2.22. The van der Waals surface area contributed by atoms with Crippen LogP contribution in [0.25, 0.3) is 6.08 Å². The number of carboxylic acids is 1. The Hall–Kier alpha value is -2.80. The van der Waals surface area contributed by atoms with Crippen LogP contribution < -0.4 is 4.74 Å². The largest absolute Gasteiger partial charge is 0.493 e. The SMILES string of the molecule is O=C(O)/C=C/c1cc(CS(=O)(=O)c2c(Cl)cccc2Cl)ccc1OCCc1ccccc1. The van der Waals surface area contributed by atoms with Crippen LogP contribution in [0, 0.1) is 0 Å². The van der Waals surface area contributed by atoms with Gasteiger partial charge in [-0.3, -0.25) is 0 Å². The maximum absolute atomic E-state index is 12.9. The van der Waals surface area contributed by atoms with Crippen molar-refractivity contribution in [3.8, 4) is 5.75 Å². The molecule has 32 heavy (non-hydrogen) atoms. The Morgan fingerprint density at radius 1 is 0.938 bits per heavy atom. The fourth-order valence-corrected chi connectivity index (χ4v) is 5.70. The molecule has 0 spiro atoms. The van der Waals surface area contributed by atoms with Crippen LogP contribution in [0.3, 0.4) is 0 Å². The number of rotatable bonds is 9. The number of aliphatic carboxylic acids is 1. The number of sulfone groups is 1. The van der Waals surface area contributed by atoms with Gasteiger partial charge < -0.3 is 9.84 Å². The lowest BCUT2D eigenvalue weighted by Crippen LogP contribution is -2.07. The third-order valence-electron chi connectivity index (χ3n) is 4.56. The van der Waals surface area contributed by atoms with Gasteiger partial charge in [0.15, 0.2) is 9.84 Å². The van der Waals surface area contributed by atoms with Crippen molar-refractivity contribution in [2.24, 2.45) is 0 Å². The van der Waals surface area contributed by atoms with Gasteiger partial charge in [0.2, 0.25) is 0 Å². The summed E-state index contributed by atoms with van der Waals surface area (Å²) in [4.78, 5) is 10.9. The van der Waals surface area contributed by atoms with Gasteiger partial charge in [0.05, 0.1) is 22.4 Å². The van der Waals surface area contributed by atoms with Gasteiger partial charge in [0.1, 0.15) is 10.6 Å². The number of hydrogen-bond donors (Lipinski definition) is 1. The molecule has 0 aliphatic heterocycles. The van der Waals surface area contributed by atoms with Crippen LogP contribution >= 0.6 is 23.2 Å². The van der Waals surface area contributed by atoms with E-state index < -0.39 is 15.8 Å². The quantitative estimate of drug-likeness (QED) is 0.389. The lowest BCUT2D eigenvalue weighted by Gasteiger charge is -2.13. The minimum absolute atomic E-state index is 0.0457. The molecule has 3 rings (SSSR count). The summed E-state index contributed by atoms with van der Waals surface area (Å²) in [5, 5.41) is 9.09. The minimum Gasteiger partial charge on any atom is -0.493 e. The van der Waals surface area contributed by atoms with E-state index in [0.29, 0.717) is 29.9 Å². The average Bonchev–Trinajstić information content (AvgIpc) is 2.73. The topological polar surface area (TPSA) is 80.7 Å². The Morgan fingerprint density at radius 3 is 2.28 bits per heavy atom. The molecule has 1 N–H and O–H groups in total. The minimum atomic E-state index is -3.83. The third kappa shape index (κ3) is 6.36. The summed E-state index contributed by atoms with van der Waals surface area (Å²) in [7, 11) is -3.83. The molecule has 166 valence electrons. The van der Waals surface area contributed by atoms with E-state index in [2.05, 4.69) is 0 Å². The van der Waals surface area contributed by atoms with Crippen LogP contribution in [0.2, 0.25) is 10.0 Å². The molecule has 0 aliphatic rings. The van der Waals surface area contributed by atoms with Gasteiger partial charge in [-0.15, -0.1) is 0 Å². The van der Waals surface area contributed by atoms with E-state index in [0.717, 1.165) is 11.6 Å². The molecule has 5 nitrogen and oxygen atoms in total. The van der Waals surface area contributed by atoms with E-state index in [9.17, 15) is 13.2 Å². The summed E-state index contributed by atoms with van der Waals surface area (Å²) in [6.45, 7) is 0.380. The molecule has 0 saturated heterocycles. The Bertz CT molecular complexity index is 1220. The van der Waals surface area contributed by atoms with Gasteiger partial charge in [-0.25, -0.2) is 13.2 Å². The summed E-state index contributed by atoms with van der Waals surface area (Å²) in [6.07, 6.45) is 3.02. The molecule has 8 heteroatoms. The summed E-state index contributed by atoms with van der Waals surface area (Å²) in [6, 6.07) is 19.1. The van der Waals surface area contributed by atoms with Gasteiger partial charge in [0, 0.05) is 18.1 Å². The lowest BCUT2D eigenvalue weighted by atomic mass is 10.1. The maximum atomic E-state index is 12.9. The zero-order valence-corrected chi connectivity index (χ0v) is 19.2. The maximum Gasteiger partial charge on any atom is 0.328 e. The Kier molecular flexibility index (Phi) is 7.96. The predicted molar refractivity (Wildman–Crippen MR) is 126 cm³/mol. The fourth-order valence-electron chi connectivity index (χ4n) is 3.11. The van der Waals surface area contributed by atoms with Crippen LogP contribution in [0.5, 0.6) is 5.75 Å². The van der Waals surface area contributed by atoms with Crippen molar-refractivity contribution >= 4 is 45.1 Å². The van der Waals surface area contributed by atoms with Gasteiger partial charge >= 0.3 is 5.97 Å². The van der Waals surface area contributed by atoms with E-state index in [-0.39, 0.29) is 20.7 Å². The first-order valence-electron chi connectivity index (χ1n) is 9.64. The number of carbonyl (C=O) groups is 1. The predicted octanol–water partition coefficient (Wildman–Crippen LogP) is 5.69. The summed E-state index contributed by atoms with van der Waals surface area (Å²) in [5.41, 5.74) is 2.01. The van der Waals surface area contributed by atoms with Crippen molar-refractivity contribution in [3.05, 3.63) is 99.5 Å². The van der Waals surface area contributed by atoms with Gasteiger partial charge in [-0.05, 0) is 41.5 Å². The monoisotopic (exact) mass is 490 g/mol. The summed E-state index contributed by atoms with van der Waals surface area (Å²) < 4.78 is 31.7. The molecular formula is C24H20Cl2O5S. The third-order valence-corrected chi connectivity index (χ3v) is 7.19. The fraction of sp³-hybridized carbons (Fsp3) is 0.125. The van der Waals surface area contributed by atoms with Crippen LogP contribution in [0.1, 0.15) is 16.7 Å². The number of halogens is 2. The molecule has 0 unspecified atom stereocenters. The van der Waals surface area contributed by atoms with Crippen molar-refractivity contribution in [2.75, 3.05) is 6.61 Å². The van der Waals surface area contributed by atoms with E-state index in [1.807, 2.05) is 30.3 Å². The highest BCUT2D eigenvalue weighted by molar-refractivity contribution is 7.90. The first kappa shape index (κ1) is 23.9. The van der Waals surface area contributed by atoms with Crippen LogP contribution in [0.15, 0.2) is 77.7 Å². The van der Waals surface area contributed by atoms with Crippen molar-refractivity contribution in [2.45, 2.75) is 17.1 Å². The molecular weight excluding hydrogens is 471 g/mol. The van der Waals surface area contributed by atoms with E-state index in [4.69, 9.17) is 33.0 Å². The van der Waals surface area contributed by atoms with Crippen LogP contribution in [-0.2, 0) is 26.8 Å². The zero-order chi connectivity index (χ0) is 23.1. The summed E-state index contributed by atoms with van der Waals surface area (Å²) >= 11 is 12.1. The van der Waals surface area contributed by atoms with E-state index in [1.165, 1.54) is 18.2 Å². The molecule has 0 radical (unpaired) electrons. The molecule has 3 aromatic rings. The molecule has 3 aromatic carbocycles. The highest BCUT2D eigenvalue weighted by atomic mass is 35.5. The van der Waals surface area contributed by atoms with E-state index in [1.54, 1.807) is 24.3 Å². The Balaban J connectivity index is 1.84. The number of benzene rings is 3. The Labute approximate surface area is 196 Å². The summed E-state index contributed by atoms with van der Waals surface area (Å²) in [5.74, 6) is -1.02. The van der Waals surface area contributed by atoms with Gasteiger partial charge in [-0.1, -0.05) is 65.7 Å². The van der Waals surface area contributed by atoms with Gasteiger partial charge in [-0.2, -0.15) is 0 Å². The van der Waals surface area contributed by atoms with Crippen LogP contribution in [0.4, 0.5) is 0 Å². The lowest BCUT2D eigenvalue weighted by molar-refractivity contribution is -0.131. The first-order valence-corrected chi connectivity index (χ1v) is 12.0. The average molecular weight is 491 g/mol. The molecule has 0 atom stereocenters. The number of carboxylic acid groups (broad SMARTS) is 1. The van der Waals surface area contributed by atoms with Crippen molar-refractivity contribution in [1.82, 2.24) is 0 Å². The Morgan fingerprint density at radius 2 is 1.62 bits per heavy atom. The first-order chi connectivity index (χ1) is 15.3. The second kappa shape index (κ2) is 10.7. The molecule has 0 aromatic heterocycles. The molecule has 0 heterocycles. The molecule has 0 saturated carbocycles. The molecule has 0 aliphatic carbocycles. The van der Waals surface area contributed by atoms with Crippen molar-refractivity contribution in [3.63, 3.8) is 0 Å². The van der Waals surface area contributed by atoms with Crippen molar-refractivity contribution in [1.29, 1.82) is 0 Å². The van der Waals surface area contributed by atoms with E-state index >= 15 is 0 Å². The smallest absolute Gasteiger partial charge is 0.328 e. The number of hydrogen-bond acceptors (Lipinski definition) is 4. The van der Waals surface area contributed by atoms with Crippen molar-refractivity contribution < 1.29 is 23.1 Å². The molecule has 0 amide bonds. The molecule has 0 bridgehead atoms. The number of ether oxygens (including phenoxy) is 1.